The van der Waals surface area contributed by atoms with Crippen LogP contribution in [0.15, 0.2) is 30.3 Å². The van der Waals surface area contributed by atoms with Gasteiger partial charge in [-0.15, -0.1) is 0 Å². The van der Waals surface area contributed by atoms with Gasteiger partial charge in [0.05, 0.1) is 18.9 Å². The van der Waals surface area contributed by atoms with E-state index in [-0.39, 0.29) is 11.8 Å². The van der Waals surface area contributed by atoms with E-state index in [0.717, 1.165) is 16.2 Å². The Hall–Kier alpha value is -2.67. The van der Waals surface area contributed by atoms with Crippen LogP contribution in [0.3, 0.4) is 0 Å². The van der Waals surface area contributed by atoms with Gasteiger partial charge < -0.3 is 9.84 Å². The molecule has 144 valence electrons. The van der Waals surface area contributed by atoms with E-state index in [4.69, 9.17) is 4.74 Å². The summed E-state index contributed by atoms with van der Waals surface area (Å²) in [7, 11) is 3.00. The van der Waals surface area contributed by atoms with Crippen molar-refractivity contribution in [2.24, 2.45) is 17.8 Å². The van der Waals surface area contributed by atoms with Crippen molar-refractivity contribution < 1.29 is 24.2 Å². The number of rotatable bonds is 5. The van der Waals surface area contributed by atoms with E-state index in [1.54, 1.807) is 27.0 Å². The number of aliphatic carboxylic acids is 1. The van der Waals surface area contributed by atoms with Crippen LogP contribution in [-0.2, 0) is 14.4 Å². The first-order valence-electron chi connectivity index (χ1n) is 8.88. The summed E-state index contributed by atoms with van der Waals surface area (Å²) < 4.78 is 5.13. The van der Waals surface area contributed by atoms with Gasteiger partial charge in [0.2, 0.25) is 11.8 Å². The lowest BCUT2D eigenvalue weighted by Crippen LogP contribution is -2.59. The van der Waals surface area contributed by atoms with Gasteiger partial charge >= 0.3 is 5.97 Å². The van der Waals surface area contributed by atoms with E-state index in [9.17, 15) is 19.5 Å². The van der Waals surface area contributed by atoms with Crippen molar-refractivity contribution in [2.75, 3.05) is 14.2 Å². The molecular weight excluding hydrogens is 348 g/mol. The summed E-state index contributed by atoms with van der Waals surface area (Å²) in [5, 5.41) is 13.0. The number of carbonyl (C=O) groups is 3. The molecule has 7 nitrogen and oxygen atoms in total. The van der Waals surface area contributed by atoms with Gasteiger partial charge in [0, 0.05) is 13.1 Å². The van der Waals surface area contributed by atoms with E-state index < -0.39 is 35.3 Å². The Morgan fingerprint density at radius 3 is 2.41 bits per heavy atom. The van der Waals surface area contributed by atoms with Gasteiger partial charge in [-0.2, -0.15) is 0 Å². The lowest BCUT2D eigenvalue weighted by atomic mass is 9.73. The third-order valence-corrected chi connectivity index (χ3v) is 5.73. The quantitative estimate of drug-likeness (QED) is 0.759. The first-order chi connectivity index (χ1) is 12.7. The number of amides is 2. The maximum atomic E-state index is 12.7. The number of nitrogens with one attached hydrogen (secondary N) is 1. The molecule has 2 aliphatic heterocycles. The summed E-state index contributed by atoms with van der Waals surface area (Å²) in [5.41, 5.74) is -0.589. The van der Waals surface area contributed by atoms with Crippen LogP contribution in [0.1, 0.15) is 19.4 Å². The predicted molar refractivity (Wildman–Crippen MR) is 98.9 cm³/mol. The summed E-state index contributed by atoms with van der Waals surface area (Å²) >= 11 is 0. The van der Waals surface area contributed by atoms with E-state index in [1.165, 1.54) is 7.05 Å². The molecule has 2 fully saturated rings. The van der Waals surface area contributed by atoms with Crippen LogP contribution in [0.2, 0.25) is 0 Å². The molecule has 1 aromatic rings. The second-order valence-electron chi connectivity index (χ2n) is 7.37. The lowest BCUT2D eigenvalue weighted by molar-refractivity contribution is -0.153. The highest BCUT2D eigenvalue weighted by Gasteiger charge is 2.68. The Kier molecular flexibility index (Phi) is 4.82. The minimum Gasteiger partial charge on any atom is -0.497 e. The predicted octanol–water partition coefficient (Wildman–Crippen LogP) is 1.39. The molecule has 2 amide bonds. The van der Waals surface area contributed by atoms with E-state index >= 15 is 0 Å². The Morgan fingerprint density at radius 2 is 1.89 bits per heavy atom. The largest absolute Gasteiger partial charge is 0.497 e. The number of nitrogens with zero attached hydrogens (tertiary/aromatic N) is 1. The van der Waals surface area contributed by atoms with E-state index in [1.807, 2.05) is 30.3 Å². The molecule has 4 atom stereocenters. The molecule has 7 heteroatoms. The molecule has 2 saturated heterocycles. The number of hydrogen-bond donors (Lipinski definition) is 2. The molecule has 0 aromatic heterocycles. The Bertz CT molecular complexity index is 801. The highest BCUT2D eigenvalue weighted by molar-refractivity contribution is 6.09. The third kappa shape index (κ3) is 2.82. The monoisotopic (exact) mass is 372 g/mol. The number of hydrogen-bond acceptors (Lipinski definition) is 5. The van der Waals surface area contributed by atoms with Crippen molar-refractivity contribution in [1.82, 2.24) is 10.2 Å². The van der Waals surface area contributed by atoms with Crippen molar-refractivity contribution in [1.29, 1.82) is 0 Å². The smallest absolute Gasteiger partial charge is 0.325 e. The zero-order valence-corrected chi connectivity index (χ0v) is 15.8. The first kappa shape index (κ1) is 19.1. The maximum absolute atomic E-state index is 12.7. The fraction of sp³-hybridized carbons (Fsp3) is 0.450. The van der Waals surface area contributed by atoms with Crippen LogP contribution >= 0.6 is 0 Å². The molecule has 1 aromatic carbocycles. The highest BCUT2D eigenvalue weighted by atomic mass is 16.5. The highest BCUT2D eigenvalue weighted by Crippen LogP contribution is 2.46. The van der Waals surface area contributed by atoms with Gasteiger partial charge in [0.15, 0.2) is 0 Å². The molecule has 2 aliphatic rings. The van der Waals surface area contributed by atoms with Gasteiger partial charge in [0.1, 0.15) is 11.3 Å². The van der Waals surface area contributed by atoms with E-state index in [2.05, 4.69) is 5.32 Å². The zero-order chi connectivity index (χ0) is 19.9. The third-order valence-electron chi connectivity index (χ3n) is 5.73. The number of likely N-dealkylation sites (tertiary alicyclic amines) is 1. The summed E-state index contributed by atoms with van der Waals surface area (Å²) in [5.74, 6) is -3.17. The molecular formula is C20H24N2O5. The standard InChI is InChI=1S/C20H24N2O5/c1-11(2)20(19(25)26)16-15(17(23)22(3)18(16)24)14(21-20)10-7-12-5-8-13(27-4)9-6-12/h5-11,14-16,21H,1-4H3,(H,25,26). The Balaban J connectivity index is 1.98. The fourth-order valence-electron chi connectivity index (χ4n) is 4.20. The molecule has 0 bridgehead atoms. The van der Waals surface area contributed by atoms with Crippen LogP contribution in [0, 0.1) is 17.8 Å². The molecule has 0 spiro atoms. The number of fused-ring (bicyclic) bond motifs is 1. The molecule has 27 heavy (non-hydrogen) atoms. The number of methoxy groups -OCH3 is 1. The molecule has 2 N–H and O–H groups in total. The minimum absolute atomic E-state index is 0.342. The van der Waals surface area contributed by atoms with Crippen LogP contribution in [0.25, 0.3) is 6.08 Å². The Labute approximate surface area is 158 Å². The maximum Gasteiger partial charge on any atom is 0.325 e. The fourth-order valence-corrected chi connectivity index (χ4v) is 4.20. The average molecular weight is 372 g/mol. The number of ether oxygens (including phenoxy) is 1. The second kappa shape index (κ2) is 6.81. The Morgan fingerprint density at radius 1 is 1.26 bits per heavy atom. The van der Waals surface area contributed by atoms with Crippen molar-refractivity contribution in [2.45, 2.75) is 25.4 Å². The normalized spacial score (nSPS) is 30.4. The van der Waals surface area contributed by atoms with Gasteiger partial charge in [0.25, 0.3) is 0 Å². The topological polar surface area (TPSA) is 95.9 Å². The SMILES string of the molecule is COc1ccc(C=CC2NC(C(=O)O)(C(C)C)C3C(=O)N(C)C(=O)C23)cc1. The molecule has 2 heterocycles. The van der Waals surface area contributed by atoms with Crippen LogP contribution in [0.4, 0.5) is 0 Å². The van der Waals surface area contributed by atoms with Gasteiger partial charge in [-0.25, -0.2) is 0 Å². The minimum atomic E-state index is -1.48. The summed E-state index contributed by atoms with van der Waals surface area (Å²) in [6.45, 7) is 3.51. The van der Waals surface area contributed by atoms with Gasteiger partial charge in [-0.3, -0.25) is 24.6 Å². The summed E-state index contributed by atoms with van der Waals surface area (Å²) in [4.78, 5) is 38.6. The van der Waals surface area contributed by atoms with Gasteiger partial charge in [-0.1, -0.05) is 38.1 Å². The van der Waals surface area contributed by atoms with Crippen molar-refractivity contribution >= 4 is 23.9 Å². The number of benzene rings is 1. The number of carbonyl (C=O) groups excluding carboxylic acids is 2. The van der Waals surface area contributed by atoms with Gasteiger partial charge in [-0.05, 0) is 23.6 Å². The number of imide groups is 1. The van der Waals surface area contributed by atoms with Crippen LogP contribution in [-0.4, -0.2) is 53.5 Å². The summed E-state index contributed by atoms with van der Waals surface area (Å²) in [6.07, 6.45) is 3.60. The molecule has 0 radical (unpaired) electrons. The molecule has 3 rings (SSSR count). The summed E-state index contributed by atoms with van der Waals surface area (Å²) in [6, 6.07) is 6.82. The van der Waals surface area contributed by atoms with Crippen molar-refractivity contribution in [3.63, 3.8) is 0 Å². The molecule has 0 aliphatic carbocycles. The van der Waals surface area contributed by atoms with Crippen molar-refractivity contribution in [3.05, 3.63) is 35.9 Å². The molecule has 0 saturated carbocycles. The van der Waals surface area contributed by atoms with E-state index in [0.29, 0.717) is 0 Å². The first-order valence-corrected chi connectivity index (χ1v) is 8.88. The number of carboxylic acids is 1. The number of carboxylic acid groups (broad SMARTS) is 1. The molecule has 4 unspecified atom stereocenters. The van der Waals surface area contributed by atoms with Crippen LogP contribution < -0.4 is 10.1 Å². The second-order valence-corrected chi connectivity index (χ2v) is 7.37. The lowest BCUT2D eigenvalue weighted by Gasteiger charge is -2.34. The van der Waals surface area contributed by atoms with Crippen molar-refractivity contribution in [3.8, 4) is 5.75 Å². The zero-order valence-electron chi connectivity index (χ0n) is 15.8. The average Bonchev–Trinajstić information content (AvgIpc) is 3.11. The van der Waals surface area contributed by atoms with Crippen LogP contribution in [0.5, 0.6) is 5.75 Å².